The number of hydrogen-bond donors (Lipinski definition) is 1. The molecule has 2 aromatic carbocycles. The van der Waals surface area contributed by atoms with E-state index in [1.165, 1.54) is 5.56 Å². The van der Waals surface area contributed by atoms with Gasteiger partial charge in [-0.3, -0.25) is 0 Å². The fraction of sp³-hybridized carbons (Fsp3) is 0.500. The molecule has 0 aliphatic carbocycles. The molecular formula is C24H33NO3. The van der Waals surface area contributed by atoms with Crippen LogP contribution in [0.1, 0.15) is 51.5 Å². The van der Waals surface area contributed by atoms with Crippen LogP contribution in [0.3, 0.4) is 0 Å². The number of nitrogens with one attached hydrogen (secondary N) is 1. The lowest BCUT2D eigenvalue weighted by atomic mass is 9.98. The summed E-state index contributed by atoms with van der Waals surface area (Å²) < 4.78 is 17.9. The zero-order valence-corrected chi connectivity index (χ0v) is 17.3. The number of anilines is 1. The van der Waals surface area contributed by atoms with Crippen LogP contribution in [0, 0.1) is 0 Å². The highest BCUT2D eigenvalue weighted by Gasteiger charge is 2.17. The van der Waals surface area contributed by atoms with Crippen LogP contribution in [-0.4, -0.2) is 32.0 Å². The fourth-order valence-corrected chi connectivity index (χ4v) is 3.42. The minimum atomic E-state index is 0.0384. The van der Waals surface area contributed by atoms with Crippen LogP contribution >= 0.6 is 0 Å². The summed E-state index contributed by atoms with van der Waals surface area (Å²) in [7, 11) is 0. The van der Waals surface area contributed by atoms with Gasteiger partial charge >= 0.3 is 0 Å². The molecule has 0 radical (unpaired) electrons. The summed E-state index contributed by atoms with van der Waals surface area (Å²) in [5.41, 5.74) is 2.27. The quantitative estimate of drug-likeness (QED) is 0.576. The Morgan fingerprint density at radius 1 is 1.07 bits per heavy atom. The molecule has 1 N–H and O–H groups in total. The topological polar surface area (TPSA) is 39.7 Å². The van der Waals surface area contributed by atoms with E-state index in [-0.39, 0.29) is 12.2 Å². The standard InChI is InChI=1S/C24H33NO3/c1-4-18(2)21-11-5-7-13-23(21)28-19(3)16-25-22-12-6-8-14-24(22)27-17-20-10-9-15-26-20/h5-8,11-14,18-20,25H,4,9-10,15-17H2,1-3H3. The SMILES string of the molecule is CCC(C)c1ccccc1OC(C)CNc1ccccc1OCC1CCCO1. The summed E-state index contributed by atoms with van der Waals surface area (Å²) in [5, 5.41) is 3.48. The van der Waals surface area contributed by atoms with E-state index in [1.807, 2.05) is 30.3 Å². The van der Waals surface area contributed by atoms with E-state index in [9.17, 15) is 0 Å². The average molecular weight is 384 g/mol. The van der Waals surface area contributed by atoms with Gasteiger partial charge in [-0.1, -0.05) is 44.2 Å². The van der Waals surface area contributed by atoms with Gasteiger partial charge in [0.1, 0.15) is 24.2 Å². The third kappa shape index (κ3) is 5.65. The molecule has 0 saturated carbocycles. The molecule has 152 valence electrons. The van der Waals surface area contributed by atoms with Gasteiger partial charge in [0.05, 0.1) is 18.3 Å². The van der Waals surface area contributed by atoms with Gasteiger partial charge in [-0.05, 0) is 55.9 Å². The minimum absolute atomic E-state index is 0.0384. The molecule has 0 amide bonds. The zero-order chi connectivity index (χ0) is 19.8. The first kappa shape index (κ1) is 20.5. The summed E-state index contributed by atoms with van der Waals surface area (Å²) in [5.74, 6) is 2.34. The van der Waals surface area contributed by atoms with Crippen LogP contribution in [0.15, 0.2) is 48.5 Å². The number of para-hydroxylation sites is 3. The van der Waals surface area contributed by atoms with Crippen LogP contribution in [0.5, 0.6) is 11.5 Å². The average Bonchev–Trinajstić information content (AvgIpc) is 3.25. The molecule has 4 nitrogen and oxygen atoms in total. The maximum Gasteiger partial charge on any atom is 0.142 e. The van der Waals surface area contributed by atoms with Crippen molar-refractivity contribution in [3.63, 3.8) is 0 Å². The molecule has 2 aromatic rings. The van der Waals surface area contributed by atoms with E-state index in [1.54, 1.807) is 0 Å². The predicted molar refractivity (Wildman–Crippen MR) is 115 cm³/mol. The van der Waals surface area contributed by atoms with Crippen molar-refractivity contribution in [1.82, 2.24) is 0 Å². The smallest absolute Gasteiger partial charge is 0.142 e. The lowest BCUT2D eigenvalue weighted by Gasteiger charge is -2.21. The van der Waals surface area contributed by atoms with Gasteiger partial charge in [0.2, 0.25) is 0 Å². The largest absolute Gasteiger partial charge is 0.489 e. The second kappa shape index (κ2) is 10.4. The molecule has 1 heterocycles. The Labute approximate surface area is 169 Å². The van der Waals surface area contributed by atoms with Gasteiger partial charge in [0, 0.05) is 6.61 Å². The molecule has 4 heteroatoms. The van der Waals surface area contributed by atoms with Crippen molar-refractivity contribution in [2.24, 2.45) is 0 Å². The van der Waals surface area contributed by atoms with E-state index in [0.29, 0.717) is 19.1 Å². The maximum atomic E-state index is 6.25. The molecule has 0 aromatic heterocycles. The Morgan fingerprint density at radius 2 is 1.82 bits per heavy atom. The van der Waals surface area contributed by atoms with Crippen LogP contribution in [0.2, 0.25) is 0 Å². The summed E-state index contributed by atoms with van der Waals surface area (Å²) >= 11 is 0. The lowest BCUT2D eigenvalue weighted by molar-refractivity contribution is 0.0682. The van der Waals surface area contributed by atoms with Crippen LogP contribution in [0.4, 0.5) is 5.69 Å². The van der Waals surface area contributed by atoms with Gasteiger partial charge in [-0.2, -0.15) is 0 Å². The molecule has 1 aliphatic heterocycles. The molecular weight excluding hydrogens is 350 g/mol. The molecule has 3 unspecified atom stereocenters. The van der Waals surface area contributed by atoms with Gasteiger partial charge in [0.25, 0.3) is 0 Å². The van der Waals surface area contributed by atoms with Gasteiger partial charge in [0.15, 0.2) is 0 Å². The van der Waals surface area contributed by atoms with Crippen LogP contribution < -0.4 is 14.8 Å². The van der Waals surface area contributed by atoms with E-state index in [4.69, 9.17) is 14.2 Å². The molecule has 0 bridgehead atoms. The Balaban J connectivity index is 1.55. The molecule has 3 atom stereocenters. The number of hydrogen-bond acceptors (Lipinski definition) is 4. The molecule has 1 saturated heterocycles. The molecule has 0 spiro atoms. The highest BCUT2D eigenvalue weighted by molar-refractivity contribution is 5.56. The van der Waals surface area contributed by atoms with Crippen molar-refractivity contribution in [2.75, 3.05) is 25.1 Å². The van der Waals surface area contributed by atoms with E-state index >= 15 is 0 Å². The summed E-state index contributed by atoms with van der Waals surface area (Å²) in [4.78, 5) is 0. The first-order chi connectivity index (χ1) is 13.7. The summed E-state index contributed by atoms with van der Waals surface area (Å²) in [6.45, 7) is 8.70. The maximum absolute atomic E-state index is 6.25. The highest BCUT2D eigenvalue weighted by Crippen LogP contribution is 2.29. The first-order valence-electron chi connectivity index (χ1n) is 10.5. The van der Waals surface area contributed by atoms with Gasteiger partial charge in [-0.15, -0.1) is 0 Å². The highest BCUT2D eigenvalue weighted by atomic mass is 16.5. The predicted octanol–water partition coefficient (Wildman–Crippen LogP) is 5.64. The van der Waals surface area contributed by atoms with Crippen LogP contribution in [-0.2, 0) is 4.74 Å². The van der Waals surface area contributed by atoms with Crippen molar-refractivity contribution >= 4 is 5.69 Å². The zero-order valence-electron chi connectivity index (χ0n) is 17.3. The minimum Gasteiger partial charge on any atom is -0.489 e. The molecule has 1 aliphatic rings. The van der Waals surface area contributed by atoms with E-state index in [0.717, 1.165) is 43.1 Å². The second-order valence-corrected chi connectivity index (χ2v) is 7.60. The van der Waals surface area contributed by atoms with Crippen molar-refractivity contribution in [1.29, 1.82) is 0 Å². The third-order valence-corrected chi connectivity index (χ3v) is 5.31. The molecule has 28 heavy (non-hydrogen) atoms. The van der Waals surface area contributed by atoms with Crippen molar-refractivity contribution in [3.8, 4) is 11.5 Å². The Morgan fingerprint density at radius 3 is 2.57 bits per heavy atom. The van der Waals surface area contributed by atoms with Crippen molar-refractivity contribution in [2.45, 2.75) is 58.2 Å². The van der Waals surface area contributed by atoms with Crippen molar-refractivity contribution in [3.05, 3.63) is 54.1 Å². The summed E-state index contributed by atoms with van der Waals surface area (Å²) in [6, 6.07) is 16.4. The molecule has 3 rings (SSSR count). The van der Waals surface area contributed by atoms with E-state index in [2.05, 4.69) is 44.3 Å². The first-order valence-corrected chi connectivity index (χ1v) is 10.5. The third-order valence-electron chi connectivity index (χ3n) is 5.31. The normalized spacial score (nSPS) is 18.5. The number of rotatable bonds is 10. The number of ether oxygens (including phenoxy) is 3. The Bertz CT molecular complexity index is 727. The van der Waals surface area contributed by atoms with Gasteiger partial charge in [-0.25, -0.2) is 0 Å². The number of benzene rings is 2. The van der Waals surface area contributed by atoms with Crippen LogP contribution in [0.25, 0.3) is 0 Å². The summed E-state index contributed by atoms with van der Waals surface area (Å²) in [6.07, 6.45) is 3.56. The monoisotopic (exact) mass is 383 g/mol. The molecule has 1 fully saturated rings. The fourth-order valence-electron chi connectivity index (χ4n) is 3.42. The van der Waals surface area contributed by atoms with E-state index < -0.39 is 0 Å². The van der Waals surface area contributed by atoms with Crippen molar-refractivity contribution < 1.29 is 14.2 Å². The lowest BCUT2D eigenvalue weighted by Crippen LogP contribution is -2.24. The Hall–Kier alpha value is -2.20. The Kier molecular flexibility index (Phi) is 7.61. The van der Waals surface area contributed by atoms with Gasteiger partial charge < -0.3 is 19.5 Å². The second-order valence-electron chi connectivity index (χ2n) is 7.60.